The van der Waals surface area contributed by atoms with Crippen molar-refractivity contribution in [3.05, 3.63) is 52.0 Å². The lowest BCUT2D eigenvalue weighted by Crippen LogP contribution is -2.35. The first-order valence-electron chi connectivity index (χ1n) is 5.33. The molecule has 3 heteroatoms. The van der Waals surface area contributed by atoms with Crippen molar-refractivity contribution in [2.45, 2.75) is 25.8 Å². The second kappa shape index (κ2) is 4.36. The van der Waals surface area contributed by atoms with Crippen LogP contribution in [0.2, 0.25) is 0 Å². The SMILES string of the molecule is Cc1csc(CC(C)(N)c2ccccc2)n1. The molecule has 2 rings (SSSR count). The molecule has 0 fully saturated rings. The fraction of sp³-hybridized carbons (Fsp3) is 0.308. The summed E-state index contributed by atoms with van der Waals surface area (Å²) >= 11 is 1.68. The molecule has 0 bridgehead atoms. The van der Waals surface area contributed by atoms with Crippen LogP contribution in [0.1, 0.15) is 23.2 Å². The number of hydrogen-bond donors (Lipinski definition) is 1. The predicted octanol–water partition coefficient (Wildman–Crippen LogP) is 2.87. The topological polar surface area (TPSA) is 38.9 Å². The Kier molecular flexibility index (Phi) is 3.08. The molecule has 1 heterocycles. The van der Waals surface area contributed by atoms with Gasteiger partial charge in [0.15, 0.2) is 0 Å². The Morgan fingerprint density at radius 1 is 1.31 bits per heavy atom. The van der Waals surface area contributed by atoms with E-state index >= 15 is 0 Å². The van der Waals surface area contributed by atoms with Crippen molar-refractivity contribution < 1.29 is 0 Å². The molecule has 0 aliphatic heterocycles. The summed E-state index contributed by atoms with van der Waals surface area (Å²) in [7, 11) is 0. The van der Waals surface area contributed by atoms with Gasteiger partial charge in [-0.25, -0.2) is 4.98 Å². The zero-order valence-corrected chi connectivity index (χ0v) is 10.4. The number of benzene rings is 1. The number of aromatic nitrogens is 1. The molecule has 0 spiro atoms. The van der Waals surface area contributed by atoms with E-state index in [0.717, 1.165) is 22.7 Å². The van der Waals surface area contributed by atoms with E-state index in [9.17, 15) is 0 Å². The molecule has 0 amide bonds. The summed E-state index contributed by atoms with van der Waals surface area (Å²) in [6.07, 6.45) is 0.787. The molecular weight excluding hydrogens is 216 g/mol. The van der Waals surface area contributed by atoms with Crippen molar-refractivity contribution in [1.29, 1.82) is 0 Å². The van der Waals surface area contributed by atoms with Crippen molar-refractivity contribution in [2.24, 2.45) is 5.73 Å². The Morgan fingerprint density at radius 3 is 2.56 bits per heavy atom. The van der Waals surface area contributed by atoms with Crippen LogP contribution in [0, 0.1) is 6.92 Å². The molecule has 1 aromatic carbocycles. The highest BCUT2D eigenvalue weighted by Crippen LogP contribution is 2.24. The fourth-order valence-electron chi connectivity index (χ4n) is 1.72. The molecule has 2 aromatic rings. The standard InChI is InChI=1S/C13H16N2S/c1-10-9-16-12(15-10)8-13(2,14)11-6-4-3-5-7-11/h3-7,9H,8,14H2,1-2H3. The Morgan fingerprint density at radius 2 is 2.00 bits per heavy atom. The molecule has 2 N–H and O–H groups in total. The third kappa shape index (κ3) is 2.49. The van der Waals surface area contributed by atoms with Crippen LogP contribution in [0.4, 0.5) is 0 Å². The minimum absolute atomic E-state index is 0.342. The smallest absolute Gasteiger partial charge is 0.0949 e. The van der Waals surface area contributed by atoms with Crippen molar-refractivity contribution in [3.63, 3.8) is 0 Å². The van der Waals surface area contributed by atoms with E-state index in [1.54, 1.807) is 11.3 Å². The first-order chi connectivity index (χ1) is 7.58. The van der Waals surface area contributed by atoms with Gasteiger partial charge in [-0.15, -0.1) is 11.3 Å². The van der Waals surface area contributed by atoms with Crippen molar-refractivity contribution in [1.82, 2.24) is 4.98 Å². The van der Waals surface area contributed by atoms with Gasteiger partial charge in [-0.1, -0.05) is 30.3 Å². The van der Waals surface area contributed by atoms with Crippen LogP contribution < -0.4 is 5.73 Å². The predicted molar refractivity (Wildman–Crippen MR) is 68.5 cm³/mol. The van der Waals surface area contributed by atoms with E-state index in [0.29, 0.717) is 0 Å². The lowest BCUT2D eigenvalue weighted by molar-refractivity contribution is 0.490. The van der Waals surface area contributed by atoms with Gasteiger partial charge in [-0.3, -0.25) is 0 Å². The van der Waals surface area contributed by atoms with E-state index in [2.05, 4.69) is 29.4 Å². The van der Waals surface area contributed by atoms with Crippen LogP contribution in [0.15, 0.2) is 35.7 Å². The first kappa shape index (κ1) is 11.3. The Labute approximate surface area is 100 Å². The molecule has 1 aromatic heterocycles. The molecule has 0 radical (unpaired) electrons. The summed E-state index contributed by atoms with van der Waals surface area (Å²) < 4.78 is 0. The first-order valence-corrected chi connectivity index (χ1v) is 6.21. The molecule has 0 saturated carbocycles. The highest BCUT2D eigenvalue weighted by molar-refractivity contribution is 7.09. The second-order valence-corrected chi connectivity index (χ2v) is 5.29. The Bertz CT molecular complexity index is 460. The van der Waals surface area contributed by atoms with Gasteiger partial charge in [-0.05, 0) is 19.4 Å². The third-order valence-corrected chi connectivity index (χ3v) is 3.58. The van der Waals surface area contributed by atoms with Crippen LogP contribution in [-0.2, 0) is 12.0 Å². The van der Waals surface area contributed by atoms with E-state index in [4.69, 9.17) is 5.73 Å². The zero-order valence-electron chi connectivity index (χ0n) is 9.60. The molecule has 0 aliphatic rings. The maximum atomic E-state index is 6.35. The van der Waals surface area contributed by atoms with Crippen LogP contribution in [0.5, 0.6) is 0 Å². The summed E-state index contributed by atoms with van der Waals surface area (Å²) in [5.74, 6) is 0. The Balaban J connectivity index is 2.20. The average molecular weight is 232 g/mol. The number of thiazole rings is 1. The fourth-order valence-corrected chi connectivity index (χ4v) is 2.66. The largest absolute Gasteiger partial charge is 0.321 e. The highest BCUT2D eigenvalue weighted by atomic mass is 32.1. The molecule has 0 aliphatic carbocycles. The summed E-state index contributed by atoms with van der Waals surface area (Å²) in [6.45, 7) is 4.06. The number of nitrogens with zero attached hydrogens (tertiary/aromatic N) is 1. The molecule has 84 valence electrons. The van der Waals surface area contributed by atoms with Crippen molar-refractivity contribution >= 4 is 11.3 Å². The lowest BCUT2D eigenvalue weighted by Gasteiger charge is -2.24. The van der Waals surface area contributed by atoms with Crippen LogP contribution in [0.3, 0.4) is 0 Å². The number of nitrogens with two attached hydrogens (primary N) is 1. The van der Waals surface area contributed by atoms with Gasteiger partial charge in [0.1, 0.15) is 0 Å². The average Bonchev–Trinajstić information content (AvgIpc) is 2.64. The van der Waals surface area contributed by atoms with Crippen molar-refractivity contribution in [3.8, 4) is 0 Å². The molecular formula is C13H16N2S. The van der Waals surface area contributed by atoms with E-state index in [1.165, 1.54) is 0 Å². The van der Waals surface area contributed by atoms with Gasteiger partial charge in [0.05, 0.1) is 5.01 Å². The minimum Gasteiger partial charge on any atom is -0.321 e. The van der Waals surface area contributed by atoms with E-state index in [1.807, 2.05) is 25.1 Å². The van der Waals surface area contributed by atoms with E-state index in [-0.39, 0.29) is 5.54 Å². The maximum Gasteiger partial charge on any atom is 0.0949 e. The van der Waals surface area contributed by atoms with Gasteiger partial charge >= 0.3 is 0 Å². The maximum absolute atomic E-state index is 6.35. The van der Waals surface area contributed by atoms with Crippen LogP contribution >= 0.6 is 11.3 Å². The molecule has 2 nitrogen and oxygen atoms in total. The second-order valence-electron chi connectivity index (χ2n) is 4.34. The quantitative estimate of drug-likeness (QED) is 0.883. The van der Waals surface area contributed by atoms with E-state index < -0.39 is 0 Å². The van der Waals surface area contributed by atoms with Gasteiger partial charge in [0, 0.05) is 23.0 Å². The summed E-state index contributed by atoms with van der Waals surface area (Å²) in [5.41, 5.74) is 8.23. The summed E-state index contributed by atoms with van der Waals surface area (Å²) in [6, 6.07) is 10.2. The monoisotopic (exact) mass is 232 g/mol. The minimum atomic E-state index is -0.342. The number of hydrogen-bond acceptors (Lipinski definition) is 3. The zero-order chi connectivity index (χ0) is 11.6. The summed E-state index contributed by atoms with van der Waals surface area (Å²) in [5, 5.41) is 3.17. The van der Waals surface area contributed by atoms with Crippen LogP contribution in [-0.4, -0.2) is 4.98 Å². The lowest BCUT2D eigenvalue weighted by atomic mass is 9.90. The van der Waals surface area contributed by atoms with Gasteiger partial charge < -0.3 is 5.73 Å². The van der Waals surface area contributed by atoms with Gasteiger partial charge in [-0.2, -0.15) is 0 Å². The third-order valence-electron chi connectivity index (χ3n) is 2.62. The number of aryl methyl sites for hydroxylation is 1. The molecule has 1 unspecified atom stereocenters. The van der Waals surface area contributed by atoms with Crippen molar-refractivity contribution in [2.75, 3.05) is 0 Å². The number of rotatable bonds is 3. The summed E-state index contributed by atoms with van der Waals surface area (Å²) in [4.78, 5) is 4.46. The van der Waals surface area contributed by atoms with Gasteiger partial charge in [0.2, 0.25) is 0 Å². The highest BCUT2D eigenvalue weighted by Gasteiger charge is 2.22. The van der Waals surface area contributed by atoms with Gasteiger partial charge in [0.25, 0.3) is 0 Å². The normalized spacial score (nSPS) is 14.7. The molecule has 0 saturated heterocycles. The molecule has 1 atom stereocenters. The molecule has 16 heavy (non-hydrogen) atoms. The Hall–Kier alpha value is -1.19. The van der Waals surface area contributed by atoms with Crippen LogP contribution in [0.25, 0.3) is 0 Å².